The van der Waals surface area contributed by atoms with E-state index in [9.17, 15) is 0 Å². The first-order valence-corrected chi connectivity index (χ1v) is 7.21. The Bertz CT molecular complexity index is 603. The van der Waals surface area contributed by atoms with Crippen molar-refractivity contribution in [1.29, 1.82) is 0 Å². The van der Waals surface area contributed by atoms with Crippen LogP contribution in [0.5, 0.6) is 5.75 Å². The van der Waals surface area contributed by atoms with Gasteiger partial charge in [0.15, 0.2) is 6.23 Å². The van der Waals surface area contributed by atoms with Crippen LogP contribution in [0.25, 0.3) is 0 Å². The van der Waals surface area contributed by atoms with Gasteiger partial charge in [0.05, 0.1) is 5.02 Å². The van der Waals surface area contributed by atoms with E-state index in [-0.39, 0.29) is 6.23 Å². The molecule has 20 heavy (non-hydrogen) atoms. The van der Waals surface area contributed by atoms with Gasteiger partial charge in [-0.2, -0.15) is 0 Å². The zero-order valence-corrected chi connectivity index (χ0v) is 13.4. The lowest BCUT2D eigenvalue weighted by molar-refractivity contribution is 0.222. The van der Waals surface area contributed by atoms with Crippen LogP contribution in [0.15, 0.2) is 42.5 Å². The highest BCUT2D eigenvalue weighted by Gasteiger charge is 2.13. The lowest BCUT2D eigenvalue weighted by Crippen LogP contribution is -2.33. The molecule has 2 aromatic rings. The standard InChI is InChI=1S/C15H14Cl3NO/c1-10(19(2)13-5-3-4-11(16)8-13)20-15-7-6-12(17)9-14(15)18/h3-10H,1-2H3. The number of ether oxygens (including phenoxy) is 1. The maximum absolute atomic E-state index is 6.10. The van der Waals surface area contributed by atoms with E-state index in [1.54, 1.807) is 18.2 Å². The number of halogens is 3. The fraction of sp³-hybridized carbons (Fsp3) is 0.200. The number of nitrogens with zero attached hydrogens (tertiary/aromatic N) is 1. The Morgan fingerprint density at radius 3 is 2.35 bits per heavy atom. The van der Waals surface area contributed by atoms with Gasteiger partial charge in [-0.3, -0.25) is 0 Å². The molecule has 0 fully saturated rings. The van der Waals surface area contributed by atoms with Gasteiger partial charge in [-0.25, -0.2) is 0 Å². The normalized spacial score (nSPS) is 12.1. The Morgan fingerprint density at radius 1 is 1.00 bits per heavy atom. The van der Waals surface area contributed by atoms with Gasteiger partial charge in [0.1, 0.15) is 5.75 Å². The minimum atomic E-state index is -0.202. The van der Waals surface area contributed by atoms with Crippen LogP contribution < -0.4 is 9.64 Å². The third-order valence-electron chi connectivity index (χ3n) is 2.95. The van der Waals surface area contributed by atoms with Gasteiger partial charge >= 0.3 is 0 Å². The highest BCUT2D eigenvalue weighted by molar-refractivity contribution is 6.35. The summed E-state index contributed by atoms with van der Waals surface area (Å²) in [6.07, 6.45) is -0.202. The maximum atomic E-state index is 6.10. The third-order valence-corrected chi connectivity index (χ3v) is 3.72. The molecule has 0 bridgehead atoms. The molecule has 0 saturated heterocycles. The predicted octanol–water partition coefficient (Wildman–Crippen LogP) is 5.51. The summed E-state index contributed by atoms with van der Waals surface area (Å²) in [6.45, 7) is 1.94. The third kappa shape index (κ3) is 3.72. The second-order valence-corrected chi connectivity index (χ2v) is 5.66. The highest BCUT2D eigenvalue weighted by Crippen LogP contribution is 2.29. The summed E-state index contributed by atoms with van der Waals surface area (Å²) in [5.74, 6) is 0.595. The largest absolute Gasteiger partial charge is 0.469 e. The predicted molar refractivity (Wildman–Crippen MR) is 86.4 cm³/mol. The van der Waals surface area contributed by atoms with Crippen molar-refractivity contribution in [3.8, 4) is 5.75 Å². The topological polar surface area (TPSA) is 12.5 Å². The molecule has 106 valence electrons. The van der Waals surface area contributed by atoms with Crippen molar-refractivity contribution in [1.82, 2.24) is 0 Å². The van der Waals surface area contributed by atoms with E-state index in [2.05, 4.69) is 0 Å². The summed E-state index contributed by atoms with van der Waals surface area (Å²) in [5, 5.41) is 1.76. The van der Waals surface area contributed by atoms with Gasteiger partial charge in [-0.15, -0.1) is 0 Å². The van der Waals surface area contributed by atoms with Gasteiger partial charge in [0.2, 0.25) is 0 Å². The van der Waals surface area contributed by atoms with Crippen LogP contribution in [-0.2, 0) is 0 Å². The van der Waals surface area contributed by atoms with Crippen molar-refractivity contribution in [3.63, 3.8) is 0 Å². The molecule has 5 heteroatoms. The van der Waals surface area contributed by atoms with Crippen LogP contribution in [0, 0.1) is 0 Å². The zero-order valence-electron chi connectivity index (χ0n) is 11.1. The smallest absolute Gasteiger partial charge is 0.169 e. The van der Waals surface area contributed by atoms with Crippen molar-refractivity contribution in [2.45, 2.75) is 13.2 Å². The number of hydrogen-bond acceptors (Lipinski definition) is 2. The molecule has 2 aromatic carbocycles. The zero-order chi connectivity index (χ0) is 14.7. The summed E-state index contributed by atoms with van der Waals surface area (Å²) in [6, 6.07) is 12.7. The van der Waals surface area contributed by atoms with Gasteiger partial charge < -0.3 is 9.64 Å². The summed E-state index contributed by atoms with van der Waals surface area (Å²) < 4.78 is 5.85. The van der Waals surface area contributed by atoms with E-state index in [1.807, 2.05) is 43.1 Å². The molecule has 0 saturated carbocycles. The summed E-state index contributed by atoms with van der Waals surface area (Å²) >= 11 is 18.0. The molecule has 0 amide bonds. The molecule has 2 rings (SSSR count). The molecule has 0 aliphatic carbocycles. The number of benzene rings is 2. The Hall–Kier alpha value is -1.09. The van der Waals surface area contributed by atoms with Crippen LogP contribution in [0.2, 0.25) is 15.1 Å². The van der Waals surface area contributed by atoms with Crippen LogP contribution in [0.3, 0.4) is 0 Å². The van der Waals surface area contributed by atoms with E-state index < -0.39 is 0 Å². The van der Waals surface area contributed by atoms with Crippen LogP contribution >= 0.6 is 34.8 Å². The fourth-order valence-corrected chi connectivity index (χ4v) is 2.38. The molecule has 0 radical (unpaired) electrons. The quantitative estimate of drug-likeness (QED) is 0.686. The molecule has 1 unspecified atom stereocenters. The molecule has 0 aliphatic heterocycles. The van der Waals surface area contributed by atoms with E-state index in [0.717, 1.165) is 5.69 Å². The first kappa shape index (κ1) is 15.3. The van der Waals surface area contributed by atoms with E-state index >= 15 is 0 Å². The van der Waals surface area contributed by atoms with Crippen molar-refractivity contribution >= 4 is 40.5 Å². The van der Waals surface area contributed by atoms with Gasteiger partial charge in [-0.1, -0.05) is 40.9 Å². The first-order chi connectivity index (χ1) is 9.47. The van der Waals surface area contributed by atoms with E-state index in [1.165, 1.54) is 0 Å². The van der Waals surface area contributed by atoms with Crippen molar-refractivity contribution in [2.75, 3.05) is 11.9 Å². The lowest BCUT2D eigenvalue weighted by Gasteiger charge is -2.28. The molecule has 2 nitrogen and oxygen atoms in total. The molecule has 1 atom stereocenters. The second-order valence-electron chi connectivity index (χ2n) is 4.38. The minimum Gasteiger partial charge on any atom is -0.469 e. The van der Waals surface area contributed by atoms with Gasteiger partial charge in [0, 0.05) is 22.8 Å². The van der Waals surface area contributed by atoms with Crippen molar-refractivity contribution in [3.05, 3.63) is 57.5 Å². The van der Waals surface area contributed by atoms with Crippen LogP contribution in [0.1, 0.15) is 6.92 Å². The first-order valence-electron chi connectivity index (χ1n) is 6.07. The molecular weight excluding hydrogens is 317 g/mol. The molecule has 0 N–H and O–H groups in total. The Morgan fingerprint density at radius 2 is 1.70 bits per heavy atom. The maximum Gasteiger partial charge on any atom is 0.169 e. The van der Waals surface area contributed by atoms with E-state index in [0.29, 0.717) is 20.8 Å². The number of rotatable bonds is 4. The number of anilines is 1. The summed E-state index contributed by atoms with van der Waals surface area (Å²) in [4.78, 5) is 1.97. The summed E-state index contributed by atoms with van der Waals surface area (Å²) in [5.41, 5.74) is 0.968. The monoisotopic (exact) mass is 329 g/mol. The lowest BCUT2D eigenvalue weighted by atomic mass is 10.3. The van der Waals surface area contributed by atoms with Crippen LogP contribution in [-0.4, -0.2) is 13.3 Å². The fourth-order valence-electron chi connectivity index (χ4n) is 1.74. The van der Waals surface area contributed by atoms with Crippen molar-refractivity contribution < 1.29 is 4.74 Å². The SMILES string of the molecule is CC(Oc1ccc(Cl)cc1Cl)N(C)c1cccc(Cl)c1. The van der Waals surface area contributed by atoms with Crippen LogP contribution in [0.4, 0.5) is 5.69 Å². The highest BCUT2D eigenvalue weighted by atomic mass is 35.5. The Balaban J connectivity index is 2.13. The Labute approximate surface area is 133 Å². The second kappa shape index (κ2) is 6.57. The van der Waals surface area contributed by atoms with E-state index in [4.69, 9.17) is 39.5 Å². The minimum absolute atomic E-state index is 0.202. The summed E-state index contributed by atoms with van der Waals surface area (Å²) in [7, 11) is 1.93. The Kier molecular flexibility index (Phi) is 5.03. The average molecular weight is 331 g/mol. The average Bonchev–Trinajstić information content (AvgIpc) is 2.41. The van der Waals surface area contributed by atoms with Crippen molar-refractivity contribution in [2.24, 2.45) is 0 Å². The molecular formula is C15H14Cl3NO. The molecule has 0 aliphatic rings. The van der Waals surface area contributed by atoms with Gasteiger partial charge in [-0.05, 0) is 43.3 Å². The molecule has 0 spiro atoms. The molecule has 0 heterocycles. The number of hydrogen-bond donors (Lipinski definition) is 0. The molecule has 0 aromatic heterocycles. The van der Waals surface area contributed by atoms with Gasteiger partial charge in [0.25, 0.3) is 0 Å².